The van der Waals surface area contributed by atoms with E-state index in [1.165, 1.54) is 42.2 Å². The molecule has 5 aromatic rings. The van der Waals surface area contributed by atoms with E-state index in [4.69, 9.17) is 23.4 Å². The Morgan fingerprint density at radius 2 is 1.67 bits per heavy atom. The second-order valence-electron chi connectivity index (χ2n) is 23.7. The number of hydrogen-bond acceptors (Lipinski definition) is 11. The smallest absolute Gasteiger partial charge is 0.340 e. The maximum atomic E-state index is 15.6. The zero-order valence-electron chi connectivity index (χ0n) is 45.6. The predicted octanol–water partition coefficient (Wildman–Crippen LogP) is 12.1. The van der Waals surface area contributed by atoms with Crippen molar-refractivity contribution in [2.24, 2.45) is 23.7 Å². The molecule has 3 aliphatic heterocycles. The van der Waals surface area contributed by atoms with E-state index in [9.17, 15) is 20.1 Å². The highest BCUT2D eigenvalue weighted by Gasteiger charge is 2.61. The van der Waals surface area contributed by atoms with E-state index < -0.39 is 47.9 Å². The summed E-state index contributed by atoms with van der Waals surface area (Å²) in [4.78, 5) is 45.4. The van der Waals surface area contributed by atoms with Crippen LogP contribution in [-0.4, -0.2) is 65.9 Å². The molecule has 412 valence electrons. The molecule has 4 heterocycles. The number of carbonyl (C=O) groups is 2. The first-order chi connectivity index (χ1) is 38.6. The summed E-state index contributed by atoms with van der Waals surface area (Å²) < 4.78 is 33.3. The van der Waals surface area contributed by atoms with E-state index in [0.29, 0.717) is 53.0 Å². The topological polar surface area (TPSA) is 162 Å². The van der Waals surface area contributed by atoms with E-state index in [1.807, 2.05) is 0 Å². The first-order valence-corrected chi connectivity index (χ1v) is 29.1. The first kappa shape index (κ1) is 53.3. The number of aryl methyl sites for hydroxylation is 1. The van der Waals surface area contributed by atoms with Gasteiger partial charge in [0.15, 0.2) is 17.8 Å². The Balaban J connectivity index is 0.995. The van der Waals surface area contributed by atoms with E-state index in [0.717, 1.165) is 49.7 Å². The van der Waals surface area contributed by atoms with Gasteiger partial charge in [-0.2, -0.15) is 0 Å². The number of hydrogen-bond donors (Lipinski definition) is 3. The monoisotopic (exact) mass is 1070 g/mol. The lowest BCUT2D eigenvalue weighted by Gasteiger charge is -2.54. The standard InChI is InChI=1S/C68H74O11/c1-41(38-70)52-27-21-42-19-22-43(23-20-42)53-28-25-47(46-13-9-16-51(36-46)67-32-8-7-15-50(67)26-24-45-12-3-5-17-56(45)67)35-49(53)37-59(72)76-63-61-58(79-68(64(63)78-65(52)73)33-10-14-44-11-4-6-18-57(44)68)30-29-54-55(39-71)60(66(74)77-62(54)61)48(31-34-69)40-75-2/h3,5,9-10,12-14,16-17,19-20,22-26,28-30,36,44,47-50,53,57,63-64,69-71H,4,6-8,11,15,18,21,27,31-35,37-40H2,1-2H3. The molecule has 0 amide bonds. The van der Waals surface area contributed by atoms with Gasteiger partial charge in [-0.05, 0) is 133 Å². The van der Waals surface area contributed by atoms with E-state index in [-0.39, 0.29) is 90.8 Å². The minimum atomic E-state index is -1.33. The van der Waals surface area contributed by atoms with Gasteiger partial charge in [0, 0.05) is 72.2 Å². The Morgan fingerprint density at radius 1 is 0.835 bits per heavy atom. The van der Waals surface area contributed by atoms with Gasteiger partial charge in [0.2, 0.25) is 0 Å². The van der Waals surface area contributed by atoms with Gasteiger partial charge in [-0.25, -0.2) is 9.59 Å². The number of aliphatic hydroxyl groups is 3. The predicted molar refractivity (Wildman–Crippen MR) is 303 cm³/mol. The maximum Gasteiger partial charge on any atom is 0.340 e. The summed E-state index contributed by atoms with van der Waals surface area (Å²) in [7, 11) is 1.51. The first-order valence-electron chi connectivity index (χ1n) is 29.1. The number of aliphatic hydroxyl groups excluding tert-OH is 3. The van der Waals surface area contributed by atoms with Gasteiger partial charge in [0.1, 0.15) is 11.3 Å². The molecule has 11 atom stereocenters. The Hall–Kier alpha value is -6.37. The van der Waals surface area contributed by atoms with Crippen LogP contribution >= 0.6 is 0 Å². The van der Waals surface area contributed by atoms with Crippen LogP contribution in [0.5, 0.6) is 5.75 Å². The molecule has 1 spiro atoms. The fraction of sp³-hybridized carbons (Fsp3) is 0.456. The van der Waals surface area contributed by atoms with Crippen molar-refractivity contribution in [3.05, 3.63) is 187 Å². The van der Waals surface area contributed by atoms with E-state index >= 15 is 9.59 Å². The highest BCUT2D eigenvalue weighted by Crippen LogP contribution is 2.58. The molecule has 8 aliphatic rings. The average molecular weight is 1070 g/mol. The molecule has 1 aromatic heterocycles. The fourth-order valence-corrected chi connectivity index (χ4v) is 15.7. The van der Waals surface area contributed by atoms with Crippen LogP contribution in [0.15, 0.2) is 136 Å². The minimum Gasteiger partial charge on any atom is -0.482 e. The molecule has 2 bridgehead atoms. The normalized spacial score (nSPS) is 30.2. The van der Waals surface area contributed by atoms with Crippen LogP contribution in [0.2, 0.25) is 0 Å². The van der Waals surface area contributed by atoms with Crippen LogP contribution in [-0.2, 0) is 42.2 Å². The van der Waals surface area contributed by atoms with Crippen molar-refractivity contribution in [2.45, 2.75) is 144 Å². The third-order valence-corrected chi connectivity index (χ3v) is 19.6. The summed E-state index contributed by atoms with van der Waals surface area (Å²) in [5.74, 6) is -1.37. The van der Waals surface area contributed by atoms with Crippen LogP contribution < -0.4 is 10.4 Å². The molecule has 11 nitrogen and oxygen atoms in total. The van der Waals surface area contributed by atoms with Crippen molar-refractivity contribution in [2.75, 3.05) is 26.9 Å². The molecule has 2 fully saturated rings. The van der Waals surface area contributed by atoms with Crippen molar-refractivity contribution >= 4 is 29.0 Å². The zero-order valence-corrected chi connectivity index (χ0v) is 45.6. The molecule has 0 radical (unpaired) electrons. The van der Waals surface area contributed by atoms with Gasteiger partial charge in [-0.3, -0.25) is 4.79 Å². The highest BCUT2D eigenvalue weighted by molar-refractivity contribution is 5.90. The molecule has 3 N–H and O–H groups in total. The molecule has 0 saturated heterocycles. The van der Waals surface area contributed by atoms with Gasteiger partial charge in [-0.1, -0.05) is 135 Å². The molecule has 13 rings (SSSR count). The number of esters is 2. The Bertz CT molecular complexity index is 3300. The SMILES string of the molecule is COCC(CCO)c1c(CO)c2ccc3c(c2oc1=O)C1OC(=O)CC2CC(c4cccc(C56CCCCC5C=Cc5ccccc56)c4)C=CC2c2ccc(cc2)CCC(=C(C)CO)C(=O)OC1C1(CC=CC2CCCCC21)O3. The average Bonchev–Trinajstić information content (AvgIpc) is 3.51. The summed E-state index contributed by atoms with van der Waals surface area (Å²) in [6.07, 6.45) is 21.5. The zero-order chi connectivity index (χ0) is 54.4. The summed E-state index contributed by atoms with van der Waals surface area (Å²) >= 11 is 0. The highest BCUT2D eigenvalue weighted by atomic mass is 16.6. The number of benzene rings is 4. The lowest BCUT2D eigenvalue weighted by atomic mass is 9.56. The van der Waals surface area contributed by atoms with Gasteiger partial charge < -0.3 is 38.7 Å². The van der Waals surface area contributed by atoms with Crippen LogP contribution in [0.25, 0.3) is 17.0 Å². The van der Waals surface area contributed by atoms with Crippen molar-refractivity contribution in [3.63, 3.8) is 0 Å². The number of methoxy groups -OCH3 is 1. The van der Waals surface area contributed by atoms with Gasteiger partial charge in [-0.15, -0.1) is 0 Å². The molecule has 4 aromatic carbocycles. The van der Waals surface area contributed by atoms with Gasteiger partial charge in [0.25, 0.3) is 0 Å². The second-order valence-corrected chi connectivity index (χ2v) is 23.7. The molecular formula is C68H74O11. The van der Waals surface area contributed by atoms with Crippen molar-refractivity contribution in [3.8, 4) is 5.75 Å². The van der Waals surface area contributed by atoms with Crippen molar-refractivity contribution in [1.29, 1.82) is 0 Å². The van der Waals surface area contributed by atoms with Crippen LogP contribution in [0.1, 0.15) is 164 Å². The molecule has 79 heavy (non-hydrogen) atoms. The van der Waals surface area contributed by atoms with Crippen molar-refractivity contribution in [1.82, 2.24) is 0 Å². The third kappa shape index (κ3) is 9.46. The Kier molecular flexibility index (Phi) is 15.0. The number of rotatable bonds is 9. The van der Waals surface area contributed by atoms with E-state index in [1.54, 1.807) is 19.1 Å². The molecule has 5 aliphatic carbocycles. The van der Waals surface area contributed by atoms with Crippen LogP contribution in [0, 0.1) is 23.7 Å². The van der Waals surface area contributed by atoms with E-state index in [2.05, 4.69) is 109 Å². The lowest BCUT2D eigenvalue weighted by molar-refractivity contribution is -0.208. The molecule has 11 unspecified atom stereocenters. The van der Waals surface area contributed by atoms with Gasteiger partial charge in [0.05, 0.1) is 25.4 Å². The number of fused-ring (bicyclic) bond motifs is 16. The molecule has 11 heteroatoms. The van der Waals surface area contributed by atoms with Gasteiger partial charge >= 0.3 is 17.6 Å². The Labute approximate surface area is 463 Å². The molecule has 2 saturated carbocycles. The third-order valence-electron chi connectivity index (χ3n) is 19.6. The number of ether oxygens (including phenoxy) is 4. The Morgan fingerprint density at radius 3 is 2.49 bits per heavy atom. The number of carbonyl (C=O) groups excluding carboxylic acids is 2. The molecular weight excluding hydrogens is 993 g/mol. The largest absolute Gasteiger partial charge is 0.482 e. The number of allylic oxidation sites excluding steroid dienone is 4. The summed E-state index contributed by atoms with van der Waals surface area (Å²) in [6.45, 7) is 0.708. The second kappa shape index (κ2) is 22.3. The maximum absolute atomic E-state index is 15.6. The summed E-state index contributed by atoms with van der Waals surface area (Å²) in [5, 5.41) is 32.3. The summed E-state index contributed by atoms with van der Waals surface area (Å²) in [5.41, 5.74) is 6.87. The lowest BCUT2D eigenvalue weighted by Crippen LogP contribution is -2.62. The van der Waals surface area contributed by atoms with Crippen molar-refractivity contribution < 1.29 is 48.3 Å². The van der Waals surface area contributed by atoms with Crippen LogP contribution in [0.3, 0.4) is 0 Å². The minimum absolute atomic E-state index is 0.00165. The summed E-state index contributed by atoms with van der Waals surface area (Å²) in [6, 6.07) is 30.1. The quantitative estimate of drug-likeness (QED) is 0.0557. The van der Waals surface area contributed by atoms with Crippen LogP contribution in [0.4, 0.5) is 0 Å². The fourth-order valence-electron chi connectivity index (χ4n) is 15.7.